The van der Waals surface area contributed by atoms with Crippen LogP contribution in [0.4, 0.5) is 0 Å². The fraction of sp³-hybridized carbons (Fsp3) is 1.00. The van der Waals surface area contributed by atoms with Crippen LogP contribution >= 0.6 is 11.8 Å². The molecule has 0 amide bonds. The second-order valence-corrected chi connectivity index (χ2v) is 9.63. The second kappa shape index (κ2) is 8.72. The van der Waals surface area contributed by atoms with Gasteiger partial charge in [0.1, 0.15) is 0 Å². The average molecular weight is 338 g/mol. The molecule has 0 aromatic rings. The molecule has 1 aliphatic rings. The number of hydrogen-bond donors (Lipinski definition) is 2. The predicted molar refractivity (Wildman–Crippen MR) is 92.0 cm³/mol. The summed E-state index contributed by atoms with van der Waals surface area (Å²) in [5.41, 5.74) is 0. The molecule has 1 unspecified atom stereocenters. The fourth-order valence-corrected chi connectivity index (χ4v) is 4.13. The molecular weight excluding hydrogens is 306 g/mol. The summed E-state index contributed by atoms with van der Waals surface area (Å²) in [5.74, 6) is 0.426. The van der Waals surface area contributed by atoms with Gasteiger partial charge in [-0.05, 0) is 58.4 Å². The molecule has 1 aliphatic heterocycles. The molecule has 0 aromatic carbocycles. The molecule has 2 N–H and O–H groups in total. The molecule has 1 atom stereocenters. The third kappa shape index (κ3) is 6.86. The zero-order valence-electron chi connectivity index (χ0n) is 13.8. The molecule has 0 bridgehead atoms. The van der Waals surface area contributed by atoms with E-state index in [0.29, 0.717) is 25.6 Å². The van der Waals surface area contributed by atoms with Crippen LogP contribution in [-0.4, -0.2) is 56.4 Å². The van der Waals surface area contributed by atoms with Crippen molar-refractivity contribution in [3.05, 3.63) is 0 Å². The number of rotatable bonds is 9. The molecule has 1 saturated heterocycles. The highest BCUT2D eigenvalue weighted by molar-refractivity contribution is 8.00. The van der Waals surface area contributed by atoms with Crippen molar-refractivity contribution in [3.63, 3.8) is 0 Å². The Hall–Kier alpha value is 0.180. The first-order chi connectivity index (χ1) is 9.80. The maximum Gasteiger partial charge on any atom is 0.279 e. The summed E-state index contributed by atoms with van der Waals surface area (Å²) in [6.45, 7) is 9.89. The van der Waals surface area contributed by atoms with Gasteiger partial charge in [0.15, 0.2) is 0 Å². The summed E-state index contributed by atoms with van der Waals surface area (Å²) in [6, 6.07) is 0. The Morgan fingerprint density at radius 3 is 2.71 bits per heavy atom. The molecular formula is C14H31N3O2S2. The molecule has 5 nitrogen and oxygen atoms in total. The summed E-state index contributed by atoms with van der Waals surface area (Å²) in [6.07, 6.45) is 5.18. The molecule has 1 heterocycles. The lowest BCUT2D eigenvalue weighted by atomic mass is 10.00. The predicted octanol–water partition coefficient (Wildman–Crippen LogP) is 1.67. The quantitative estimate of drug-likeness (QED) is 0.628. The molecule has 1 rings (SSSR count). The molecule has 1 fully saturated rings. The summed E-state index contributed by atoms with van der Waals surface area (Å²) in [4.78, 5) is 0. The number of thioether (sulfide) groups is 1. The molecule has 126 valence electrons. The Morgan fingerprint density at radius 1 is 1.38 bits per heavy atom. The molecule has 0 radical (unpaired) electrons. The second-order valence-electron chi connectivity index (χ2n) is 6.36. The minimum absolute atomic E-state index is 0.0784. The number of hydrogen-bond acceptors (Lipinski definition) is 4. The van der Waals surface area contributed by atoms with E-state index in [1.807, 2.05) is 20.1 Å². The zero-order valence-corrected chi connectivity index (χ0v) is 15.4. The lowest BCUT2D eigenvalue weighted by Gasteiger charge is -2.33. The van der Waals surface area contributed by atoms with Crippen molar-refractivity contribution in [2.45, 2.75) is 44.8 Å². The van der Waals surface area contributed by atoms with Gasteiger partial charge in [-0.1, -0.05) is 6.92 Å². The van der Waals surface area contributed by atoms with Gasteiger partial charge < -0.3 is 5.32 Å². The van der Waals surface area contributed by atoms with Crippen LogP contribution in [0.2, 0.25) is 0 Å². The highest BCUT2D eigenvalue weighted by Gasteiger charge is 2.30. The van der Waals surface area contributed by atoms with Crippen LogP contribution in [0.25, 0.3) is 0 Å². The van der Waals surface area contributed by atoms with Gasteiger partial charge >= 0.3 is 0 Å². The smallest absolute Gasteiger partial charge is 0.279 e. The van der Waals surface area contributed by atoms with E-state index >= 15 is 0 Å². The highest BCUT2D eigenvalue weighted by atomic mass is 32.2. The lowest BCUT2D eigenvalue weighted by Crippen LogP contribution is -2.49. The fourth-order valence-electron chi connectivity index (χ4n) is 2.32. The van der Waals surface area contributed by atoms with Gasteiger partial charge in [-0.3, -0.25) is 0 Å². The molecule has 0 saturated carbocycles. The summed E-state index contributed by atoms with van der Waals surface area (Å²) in [5, 5.41) is 3.40. The summed E-state index contributed by atoms with van der Waals surface area (Å²) in [7, 11) is -3.35. The van der Waals surface area contributed by atoms with Gasteiger partial charge in [0.2, 0.25) is 0 Å². The minimum atomic E-state index is -3.35. The topological polar surface area (TPSA) is 61.4 Å². The van der Waals surface area contributed by atoms with Crippen molar-refractivity contribution in [2.24, 2.45) is 5.92 Å². The number of piperidine rings is 1. The standard InChI is InChI=1S/C14H31N3O2S2/c1-5-8-15-10-13-7-6-9-17(11-13)21(18,19)16-12-14(2,3)20-4/h13,15-16H,5-12H2,1-4H3. The Balaban J connectivity index is 2.50. The van der Waals surface area contributed by atoms with E-state index in [2.05, 4.69) is 17.0 Å². The highest BCUT2D eigenvalue weighted by Crippen LogP contribution is 2.22. The van der Waals surface area contributed by atoms with E-state index in [1.165, 1.54) is 0 Å². The van der Waals surface area contributed by atoms with E-state index in [4.69, 9.17) is 0 Å². The van der Waals surface area contributed by atoms with Gasteiger partial charge in [-0.2, -0.15) is 24.5 Å². The van der Waals surface area contributed by atoms with Crippen molar-refractivity contribution < 1.29 is 8.42 Å². The average Bonchev–Trinajstić information content (AvgIpc) is 2.46. The summed E-state index contributed by atoms with van der Waals surface area (Å²) >= 11 is 1.67. The van der Waals surface area contributed by atoms with Gasteiger partial charge in [-0.15, -0.1) is 0 Å². The van der Waals surface area contributed by atoms with Crippen molar-refractivity contribution in [1.29, 1.82) is 0 Å². The SMILES string of the molecule is CCCNCC1CCCN(S(=O)(=O)NCC(C)(C)SC)C1. The Labute approximate surface area is 134 Å². The first-order valence-corrected chi connectivity index (χ1v) is 10.5. The van der Waals surface area contributed by atoms with Crippen LogP contribution in [0.15, 0.2) is 0 Å². The Bertz CT molecular complexity index is 399. The van der Waals surface area contributed by atoms with Crippen LogP contribution < -0.4 is 10.0 Å². The third-order valence-electron chi connectivity index (χ3n) is 3.91. The largest absolute Gasteiger partial charge is 0.316 e. The van der Waals surface area contributed by atoms with Crippen LogP contribution in [0.5, 0.6) is 0 Å². The first kappa shape index (κ1) is 19.2. The van der Waals surface area contributed by atoms with Crippen molar-refractivity contribution in [1.82, 2.24) is 14.3 Å². The van der Waals surface area contributed by atoms with E-state index in [0.717, 1.165) is 32.4 Å². The van der Waals surface area contributed by atoms with Crippen LogP contribution in [0.3, 0.4) is 0 Å². The summed E-state index contributed by atoms with van der Waals surface area (Å²) < 4.78 is 29.1. The monoisotopic (exact) mass is 337 g/mol. The zero-order chi connectivity index (χ0) is 15.9. The van der Waals surface area contributed by atoms with Crippen LogP contribution in [-0.2, 0) is 10.2 Å². The minimum Gasteiger partial charge on any atom is -0.316 e. The third-order valence-corrected chi connectivity index (χ3v) is 6.68. The molecule has 0 spiro atoms. The maximum absolute atomic E-state index is 12.4. The van der Waals surface area contributed by atoms with E-state index < -0.39 is 10.2 Å². The van der Waals surface area contributed by atoms with Crippen molar-refractivity contribution in [3.8, 4) is 0 Å². The molecule has 21 heavy (non-hydrogen) atoms. The van der Waals surface area contributed by atoms with Crippen LogP contribution in [0.1, 0.15) is 40.0 Å². The maximum atomic E-state index is 12.4. The Kier molecular flexibility index (Phi) is 7.98. The number of nitrogens with one attached hydrogen (secondary N) is 2. The van der Waals surface area contributed by atoms with Crippen LogP contribution in [0, 0.1) is 5.92 Å². The molecule has 0 aliphatic carbocycles. The van der Waals surface area contributed by atoms with Gasteiger partial charge in [-0.25, -0.2) is 4.72 Å². The van der Waals surface area contributed by atoms with E-state index in [-0.39, 0.29) is 4.75 Å². The molecule has 7 heteroatoms. The first-order valence-electron chi connectivity index (χ1n) is 7.81. The normalized spacial score (nSPS) is 21.6. The van der Waals surface area contributed by atoms with Gasteiger partial charge in [0.05, 0.1) is 0 Å². The van der Waals surface area contributed by atoms with Crippen molar-refractivity contribution >= 4 is 22.0 Å². The Morgan fingerprint density at radius 2 is 2.10 bits per heavy atom. The van der Waals surface area contributed by atoms with Gasteiger partial charge in [0, 0.05) is 24.4 Å². The lowest BCUT2D eigenvalue weighted by molar-refractivity contribution is 0.257. The van der Waals surface area contributed by atoms with Crippen molar-refractivity contribution in [2.75, 3.05) is 39.0 Å². The van der Waals surface area contributed by atoms with E-state index in [1.54, 1.807) is 16.1 Å². The van der Waals surface area contributed by atoms with Gasteiger partial charge in [0.25, 0.3) is 10.2 Å². The molecule has 0 aromatic heterocycles. The van der Waals surface area contributed by atoms with E-state index in [9.17, 15) is 8.42 Å². The number of nitrogens with zero attached hydrogens (tertiary/aromatic N) is 1.